The molecule has 0 aromatic rings. The lowest BCUT2D eigenvalue weighted by Crippen LogP contribution is -2.51. The van der Waals surface area contributed by atoms with Crippen molar-refractivity contribution in [3.8, 4) is 0 Å². The fraction of sp³-hybridized carbons (Fsp3) is 0.900. The number of esters is 1. The van der Waals surface area contributed by atoms with Crippen molar-refractivity contribution in [1.29, 1.82) is 0 Å². The third kappa shape index (κ3) is 3.63. The first-order valence-corrected chi connectivity index (χ1v) is 9.97. The van der Waals surface area contributed by atoms with Gasteiger partial charge in [-0.1, -0.05) is 0 Å². The molecule has 1 saturated heterocycles. The summed E-state index contributed by atoms with van der Waals surface area (Å²) in [5.74, 6) is 1.88. The molecular formula is C20H30O5. The summed E-state index contributed by atoms with van der Waals surface area (Å²) in [6, 6.07) is 0. The number of hydrogen-bond donors (Lipinski definition) is 0. The first-order chi connectivity index (χ1) is 12.0. The van der Waals surface area contributed by atoms with Crippen LogP contribution in [-0.2, 0) is 23.8 Å². The van der Waals surface area contributed by atoms with E-state index in [0.29, 0.717) is 6.61 Å². The summed E-state index contributed by atoms with van der Waals surface area (Å²) in [7, 11) is 0. The molecule has 5 nitrogen and oxygen atoms in total. The third-order valence-electron chi connectivity index (χ3n) is 6.86. The normalized spacial score (nSPS) is 40.2. The van der Waals surface area contributed by atoms with E-state index >= 15 is 0 Å². The van der Waals surface area contributed by atoms with E-state index in [1.54, 1.807) is 6.92 Å². The van der Waals surface area contributed by atoms with Crippen molar-refractivity contribution in [3.05, 3.63) is 0 Å². The number of hydrogen-bond acceptors (Lipinski definition) is 5. The molecular weight excluding hydrogens is 320 g/mol. The predicted molar refractivity (Wildman–Crippen MR) is 91.0 cm³/mol. The molecule has 5 fully saturated rings. The van der Waals surface area contributed by atoms with Gasteiger partial charge in [-0.3, -0.25) is 4.79 Å². The number of carbonyl (C=O) groups is 2. The van der Waals surface area contributed by atoms with Crippen molar-refractivity contribution < 1.29 is 23.8 Å². The van der Waals surface area contributed by atoms with Crippen LogP contribution in [0.5, 0.6) is 0 Å². The van der Waals surface area contributed by atoms with Crippen molar-refractivity contribution in [2.45, 2.75) is 70.5 Å². The Bertz CT molecular complexity index is 487. The van der Waals surface area contributed by atoms with Crippen LogP contribution in [-0.4, -0.2) is 43.8 Å². The Kier molecular flexibility index (Phi) is 4.89. The molecule has 1 heterocycles. The molecule has 0 spiro atoms. The van der Waals surface area contributed by atoms with Gasteiger partial charge in [-0.05, 0) is 76.0 Å². The van der Waals surface area contributed by atoms with Crippen LogP contribution in [0.1, 0.15) is 58.3 Å². The molecule has 5 rings (SSSR count). The van der Waals surface area contributed by atoms with Gasteiger partial charge in [0.1, 0.15) is 0 Å². The number of rotatable bonds is 7. The molecule has 0 N–H and O–H groups in total. The Morgan fingerprint density at radius 3 is 2.32 bits per heavy atom. The van der Waals surface area contributed by atoms with Gasteiger partial charge in [-0.2, -0.15) is 0 Å². The van der Waals surface area contributed by atoms with Crippen molar-refractivity contribution >= 4 is 11.8 Å². The average Bonchev–Trinajstić information content (AvgIpc) is 3.09. The van der Waals surface area contributed by atoms with Crippen LogP contribution in [0.4, 0.5) is 0 Å². The highest BCUT2D eigenvalue weighted by Crippen LogP contribution is 2.60. The molecule has 2 atom stereocenters. The van der Waals surface area contributed by atoms with E-state index in [1.165, 1.54) is 19.3 Å². The molecule has 2 unspecified atom stereocenters. The maximum absolute atomic E-state index is 12.9. The zero-order valence-electron chi connectivity index (χ0n) is 15.2. The first-order valence-electron chi connectivity index (χ1n) is 9.97. The topological polar surface area (TPSA) is 61.8 Å². The molecule has 4 bridgehead atoms. The van der Waals surface area contributed by atoms with E-state index in [4.69, 9.17) is 14.2 Å². The summed E-state index contributed by atoms with van der Waals surface area (Å²) in [5.41, 5.74) is -0.198. The number of ketones is 1. The standard InChI is InChI=1S/C20H30O5/c1-13(24-11-17-3-2-4-23-17)19(22)25-12-18(21)20-8-14-5-15(9-20)7-16(6-14)10-20/h13-17H,2-12H2,1H3. The highest BCUT2D eigenvalue weighted by molar-refractivity contribution is 5.88. The maximum Gasteiger partial charge on any atom is 0.335 e. The molecule has 140 valence electrons. The van der Waals surface area contributed by atoms with E-state index in [-0.39, 0.29) is 23.9 Å². The zero-order valence-corrected chi connectivity index (χ0v) is 15.2. The summed E-state index contributed by atoms with van der Waals surface area (Å²) < 4.78 is 16.4. The Morgan fingerprint density at radius 1 is 1.12 bits per heavy atom. The second-order valence-corrected chi connectivity index (χ2v) is 8.84. The van der Waals surface area contributed by atoms with Gasteiger partial charge in [0, 0.05) is 12.0 Å². The Labute approximate surface area is 149 Å². The summed E-state index contributed by atoms with van der Waals surface area (Å²) in [6.07, 6.45) is 8.43. The lowest BCUT2D eigenvalue weighted by molar-refractivity contribution is -0.165. The fourth-order valence-electron chi connectivity index (χ4n) is 5.95. The van der Waals surface area contributed by atoms with Crippen molar-refractivity contribution in [2.75, 3.05) is 19.8 Å². The van der Waals surface area contributed by atoms with E-state index < -0.39 is 12.1 Å². The minimum atomic E-state index is -0.645. The Hall–Kier alpha value is -0.940. The molecule has 0 aromatic heterocycles. The quantitative estimate of drug-likeness (QED) is 0.661. The average molecular weight is 350 g/mol. The minimum Gasteiger partial charge on any atom is -0.456 e. The van der Waals surface area contributed by atoms with Crippen LogP contribution in [0.2, 0.25) is 0 Å². The lowest BCUT2D eigenvalue weighted by atomic mass is 9.48. The van der Waals surface area contributed by atoms with Gasteiger partial charge in [-0.15, -0.1) is 0 Å². The van der Waals surface area contributed by atoms with Crippen LogP contribution in [0.3, 0.4) is 0 Å². The van der Waals surface area contributed by atoms with Crippen molar-refractivity contribution in [3.63, 3.8) is 0 Å². The van der Waals surface area contributed by atoms with E-state index in [1.807, 2.05) is 0 Å². The Balaban J connectivity index is 1.24. The maximum atomic E-state index is 12.9. The molecule has 5 heteroatoms. The van der Waals surface area contributed by atoms with Gasteiger partial charge in [0.05, 0.1) is 12.7 Å². The SMILES string of the molecule is CC(OCC1CCCO1)C(=O)OCC(=O)C12CC3CC(CC(C3)C1)C2. The van der Waals surface area contributed by atoms with Crippen LogP contribution in [0.15, 0.2) is 0 Å². The van der Waals surface area contributed by atoms with E-state index in [0.717, 1.165) is 56.5 Å². The van der Waals surface area contributed by atoms with Gasteiger partial charge in [0.25, 0.3) is 0 Å². The molecule has 0 amide bonds. The third-order valence-corrected chi connectivity index (χ3v) is 6.86. The molecule has 4 aliphatic carbocycles. The van der Waals surface area contributed by atoms with Gasteiger partial charge in [0.2, 0.25) is 0 Å². The fourth-order valence-corrected chi connectivity index (χ4v) is 5.95. The zero-order chi connectivity index (χ0) is 17.4. The van der Waals surface area contributed by atoms with E-state index in [2.05, 4.69) is 0 Å². The van der Waals surface area contributed by atoms with Crippen LogP contribution >= 0.6 is 0 Å². The largest absolute Gasteiger partial charge is 0.456 e. The molecule has 0 radical (unpaired) electrons. The first kappa shape index (κ1) is 17.5. The summed E-state index contributed by atoms with van der Waals surface area (Å²) >= 11 is 0. The highest BCUT2D eigenvalue weighted by atomic mass is 16.6. The minimum absolute atomic E-state index is 0.0847. The highest BCUT2D eigenvalue weighted by Gasteiger charge is 2.54. The lowest BCUT2D eigenvalue weighted by Gasteiger charge is -2.55. The van der Waals surface area contributed by atoms with Crippen LogP contribution in [0, 0.1) is 23.2 Å². The van der Waals surface area contributed by atoms with Crippen molar-refractivity contribution in [2.24, 2.45) is 23.2 Å². The van der Waals surface area contributed by atoms with E-state index in [9.17, 15) is 9.59 Å². The van der Waals surface area contributed by atoms with Crippen molar-refractivity contribution in [1.82, 2.24) is 0 Å². The van der Waals surface area contributed by atoms with Gasteiger partial charge in [-0.25, -0.2) is 4.79 Å². The smallest absolute Gasteiger partial charge is 0.335 e. The number of carbonyl (C=O) groups excluding carboxylic acids is 2. The summed E-state index contributed by atoms with van der Waals surface area (Å²) in [6.45, 7) is 2.79. The van der Waals surface area contributed by atoms with Crippen LogP contribution in [0.25, 0.3) is 0 Å². The molecule has 5 aliphatic rings. The molecule has 4 saturated carbocycles. The van der Waals surface area contributed by atoms with Crippen LogP contribution < -0.4 is 0 Å². The molecule has 1 aliphatic heterocycles. The second-order valence-electron chi connectivity index (χ2n) is 8.84. The molecule has 25 heavy (non-hydrogen) atoms. The predicted octanol–water partition coefficient (Wildman–Crippen LogP) is 2.90. The summed E-state index contributed by atoms with van der Waals surface area (Å²) in [4.78, 5) is 25.0. The number of ether oxygens (including phenoxy) is 3. The second kappa shape index (κ2) is 6.99. The molecule has 0 aromatic carbocycles. The van der Waals surface area contributed by atoms with Gasteiger partial charge in [0.15, 0.2) is 18.5 Å². The van der Waals surface area contributed by atoms with Gasteiger partial charge >= 0.3 is 5.97 Å². The summed E-state index contributed by atoms with van der Waals surface area (Å²) in [5, 5.41) is 0. The van der Waals surface area contributed by atoms with Gasteiger partial charge < -0.3 is 14.2 Å². The monoisotopic (exact) mass is 350 g/mol. The number of Topliss-reactive ketones (excluding diaryl/α,β-unsaturated/α-hetero) is 1. The Morgan fingerprint density at radius 2 is 1.76 bits per heavy atom.